The Morgan fingerprint density at radius 3 is 2.05 bits per heavy atom. The van der Waals surface area contributed by atoms with Crippen molar-refractivity contribution in [2.75, 3.05) is 6.61 Å². The molecule has 0 aliphatic carbocycles. The van der Waals surface area contributed by atoms with Crippen LogP contribution in [0.25, 0.3) is 0 Å². The molecule has 2 aromatic carbocycles. The van der Waals surface area contributed by atoms with E-state index in [-0.39, 0.29) is 6.10 Å². The summed E-state index contributed by atoms with van der Waals surface area (Å²) >= 11 is 0. The van der Waals surface area contributed by atoms with Gasteiger partial charge in [-0.3, -0.25) is 0 Å². The van der Waals surface area contributed by atoms with Gasteiger partial charge in [-0.1, -0.05) is 60.7 Å². The Morgan fingerprint density at radius 2 is 1.55 bits per heavy atom. The van der Waals surface area contributed by atoms with E-state index in [1.165, 1.54) is 24.0 Å². The quantitative estimate of drug-likeness (QED) is 0.786. The molecule has 2 aromatic rings. The van der Waals surface area contributed by atoms with Gasteiger partial charge in [-0.2, -0.15) is 0 Å². The minimum atomic E-state index is -0.670. The van der Waals surface area contributed by atoms with Crippen molar-refractivity contribution in [1.29, 1.82) is 0 Å². The van der Waals surface area contributed by atoms with E-state index >= 15 is 0 Å². The highest BCUT2D eigenvalue weighted by atomic mass is 28.2. The summed E-state index contributed by atoms with van der Waals surface area (Å²) in [5.41, 5.74) is 2.85. The highest BCUT2D eigenvalue weighted by molar-refractivity contribution is 6.29. The maximum atomic E-state index is 6.31. The molecule has 0 amide bonds. The second kappa shape index (κ2) is 6.84. The van der Waals surface area contributed by atoms with Gasteiger partial charge in [0.25, 0.3) is 0 Å². The predicted molar refractivity (Wildman–Crippen MR) is 83.3 cm³/mol. The summed E-state index contributed by atoms with van der Waals surface area (Å²) in [5, 5.41) is 0. The van der Waals surface area contributed by atoms with E-state index < -0.39 is 9.76 Å². The Hall–Kier alpha value is -1.42. The van der Waals surface area contributed by atoms with Crippen LogP contribution in [0, 0.1) is 0 Å². The summed E-state index contributed by atoms with van der Waals surface area (Å²) in [6, 6.07) is 20.9. The smallest absolute Gasteiger partial charge is 0.191 e. The van der Waals surface area contributed by atoms with Crippen LogP contribution in [0.5, 0.6) is 0 Å². The first-order chi connectivity index (χ1) is 9.93. The first kappa shape index (κ1) is 13.6. The van der Waals surface area contributed by atoms with Gasteiger partial charge in [0.1, 0.15) is 0 Å². The zero-order valence-electron chi connectivity index (χ0n) is 11.6. The van der Waals surface area contributed by atoms with Gasteiger partial charge < -0.3 is 9.16 Å². The van der Waals surface area contributed by atoms with Gasteiger partial charge in [0.15, 0.2) is 9.76 Å². The zero-order valence-corrected chi connectivity index (χ0v) is 13.0. The minimum Gasteiger partial charge on any atom is -0.410 e. The highest BCUT2D eigenvalue weighted by Gasteiger charge is 2.20. The van der Waals surface area contributed by atoms with Crippen molar-refractivity contribution in [2.24, 2.45) is 0 Å². The van der Waals surface area contributed by atoms with Crippen molar-refractivity contribution in [3.05, 3.63) is 71.8 Å². The molecule has 1 saturated heterocycles. The Balaban J connectivity index is 1.76. The van der Waals surface area contributed by atoms with Crippen LogP contribution in [0.2, 0.25) is 0 Å². The molecule has 1 atom stereocenters. The molecule has 0 N–H and O–H groups in total. The lowest BCUT2D eigenvalue weighted by Crippen LogP contribution is -2.21. The Bertz CT molecular complexity index is 470. The fourth-order valence-corrected chi connectivity index (χ4v) is 4.13. The summed E-state index contributed by atoms with van der Waals surface area (Å²) in [5.74, 6) is 0. The van der Waals surface area contributed by atoms with E-state index in [1.54, 1.807) is 0 Å². The van der Waals surface area contributed by atoms with Crippen LogP contribution in [0.3, 0.4) is 0 Å². The summed E-state index contributed by atoms with van der Waals surface area (Å²) in [7, 11) is -0.670. The fourth-order valence-electron chi connectivity index (χ4n) is 2.62. The minimum absolute atomic E-state index is 0.0493. The standard InChI is InChI=1S/C17H20O2Si/c1-3-8-14(9-4-1)17(15-10-5-2-6-11-15)19-20-16-12-7-13-18-16/h1-6,8-11,16-17H,7,12-13,20H2. The van der Waals surface area contributed by atoms with Gasteiger partial charge in [-0.25, -0.2) is 0 Å². The Kier molecular flexibility index (Phi) is 4.63. The van der Waals surface area contributed by atoms with Crippen molar-refractivity contribution in [1.82, 2.24) is 0 Å². The van der Waals surface area contributed by atoms with Gasteiger partial charge in [-0.05, 0) is 24.0 Å². The number of ether oxygens (including phenoxy) is 1. The van der Waals surface area contributed by atoms with Gasteiger partial charge in [-0.15, -0.1) is 0 Å². The number of benzene rings is 2. The van der Waals surface area contributed by atoms with Gasteiger partial charge >= 0.3 is 0 Å². The maximum Gasteiger partial charge on any atom is 0.191 e. The monoisotopic (exact) mass is 284 g/mol. The van der Waals surface area contributed by atoms with Crippen LogP contribution in [0.15, 0.2) is 60.7 Å². The lowest BCUT2D eigenvalue weighted by molar-refractivity contribution is 0.141. The van der Waals surface area contributed by atoms with Crippen molar-refractivity contribution < 1.29 is 9.16 Å². The van der Waals surface area contributed by atoms with Crippen LogP contribution in [0.4, 0.5) is 0 Å². The third-order valence-electron chi connectivity index (χ3n) is 3.68. The Morgan fingerprint density at radius 1 is 0.950 bits per heavy atom. The van der Waals surface area contributed by atoms with Crippen LogP contribution in [-0.2, 0) is 9.16 Å². The lowest BCUT2D eigenvalue weighted by atomic mass is 10.0. The fraction of sp³-hybridized carbons (Fsp3) is 0.294. The second-order valence-electron chi connectivity index (χ2n) is 5.17. The molecule has 2 nitrogen and oxygen atoms in total. The molecule has 1 fully saturated rings. The van der Waals surface area contributed by atoms with Crippen LogP contribution >= 0.6 is 0 Å². The van der Waals surface area contributed by atoms with Crippen molar-refractivity contribution >= 4 is 9.76 Å². The van der Waals surface area contributed by atoms with E-state index in [9.17, 15) is 0 Å². The van der Waals surface area contributed by atoms with Crippen molar-refractivity contribution in [3.8, 4) is 0 Å². The number of hydrogen-bond acceptors (Lipinski definition) is 2. The van der Waals surface area contributed by atoms with E-state index in [4.69, 9.17) is 9.16 Å². The summed E-state index contributed by atoms with van der Waals surface area (Å²) in [6.45, 7) is 0.905. The van der Waals surface area contributed by atoms with Crippen molar-refractivity contribution in [2.45, 2.75) is 24.7 Å². The molecule has 1 aliphatic rings. The van der Waals surface area contributed by atoms with Crippen LogP contribution < -0.4 is 0 Å². The molecule has 1 aliphatic heterocycles. The van der Waals surface area contributed by atoms with Gasteiger partial charge in [0.05, 0.1) is 11.8 Å². The molecule has 0 spiro atoms. The molecule has 104 valence electrons. The van der Waals surface area contributed by atoms with E-state index in [0.29, 0.717) is 5.73 Å². The summed E-state index contributed by atoms with van der Waals surface area (Å²) < 4.78 is 12.0. The molecular formula is C17H20O2Si. The average Bonchev–Trinajstić information content (AvgIpc) is 3.03. The van der Waals surface area contributed by atoms with Crippen LogP contribution in [0.1, 0.15) is 30.1 Å². The molecule has 0 saturated carbocycles. The summed E-state index contributed by atoms with van der Waals surface area (Å²) in [4.78, 5) is 0. The SMILES string of the molecule is c1ccc(C(O[SiH2]C2CCCO2)c2ccccc2)cc1. The first-order valence-electron chi connectivity index (χ1n) is 7.26. The van der Waals surface area contributed by atoms with Gasteiger partial charge in [0.2, 0.25) is 0 Å². The normalized spacial score (nSPS) is 19.1. The summed E-state index contributed by atoms with van der Waals surface area (Å²) in [6.07, 6.45) is 2.40. The Labute approximate surface area is 122 Å². The molecule has 3 rings (SSSR count). The lowest BCUT2D eigenvalue weighted by Gasteiger charge is -2.21. The van der Waals surface area contributed by atoms with Gasteiger partial charge in [0, 0.05) is 6.61 Å². The molecule has 0 bridgehead atoms. The average molecular weight is 284 g/mol. The largest absolute Gasteiger partial charge is 0.410 e. The molecule has 1 heterocycles. The molecular weight excluding hydrogens is 264 g/mol. The third kappa shape index (κ3) is 3.36. The third-order valence-corrected chi connectivity index (χ3v) is 5.22. The van der Waals surface area contributed by atoms with Crippen molar-refractivity contribution in [3.63, 3.8) is 0 Å². The molecule has 20 heavy (non-hydrogen) atoms. The van der Waals surface area contributed by atoms with E-state index in [2.05, 4.69) is 48.5 Å². The second-order valence-corrected chi connectivity index (χ2v) is 6.75. The maximum absolute atomic E-state index is 6.31. The molecule has 1 unspecified atom stereocenters. The molecule has 3 heteroatoms. The van der Waals surface area contributed by atoms with Crippen LogP contribution in [-0.4, -0.2) is 22.1 Å². The molecule has 0 radical (unpaired) electrons. The first-order valence-corrected chi connectivity index (χ1v) is 8.66. The van der Waals surface area contributed by atoms with E-state index in [1.807, 2.05) is 12.1 Å². The number of hydrogen-bond donors (Lipinski definition) is 0. The molecule has 0 aromatic heterocycles. The van der Waals surface area contributed by atoms with E-state index in [0.717, 1.165) is 6.61 Å². The zero-order chi connectivity index (χ0) is 13.6. The topological polar surface area (TPSA) is 18.5 Å². The predicted octanol–water partition coefficient (Wildman–Crippen LogP) is 3.01. The number of rotatable bonds is 5. The highest BCUT2D eigenvalue weighted by Crippen LogP contribution is 2.26.